The number of hydrogen-bond acceptors (Lipinski definition) is 4. The van der Waals surface area contributed by atoms with Crippen LogP contribution in [0.1, 0.15) is 34.3 Å². The Balaban J connectivity index is 1.89. The fourth-order valence-electron chi connectivity index (χ4n) is 3.12. The van der Waals surface area contributed by atoms with Crippen LogP contribution in [0.4, 0.5) is 0 Å². The van der Waals surface area contributed by atoms with Crippen LogP contribution in [0.2, 0.25) is 0 Å². The second-order valence-corrected chi connectivity index (χ2v) is 8.26. The van der Waals surface area contributed by atoms with Crippen molar-refractivity contribution in [2.75, 3.05) is 6.54 Å². The van der Waals surface area contributed by atoms with Crippen LogP contribution in [0.25, 0.3) is 0 Å². The molecule has 1 unspecified atom stereocenters. The molecule has 0 saturated carbocycles. The van der Waals surface area contributed by atoms with Crippen LogP contribution < -0.4 is 4.72 Å². The van der Waals surface area contributed by atoms with E-state index in [0.29, 0.717) is 5.76 Å². The molecule has 0 saturated heterocycles. The van der Waals surface area contributed by atoms with E-state index in [4.69, 9.17) is 4.42 Å². The molecule has 0 radical (unpaired) electrons. The van der Waals surface area contributed by atoms with E-state index in [2.05, 4.69) is 9.82 Å². The van der Waals surface area contributed by atoms with Gasteiger partial charge in [-0.1, -0.05) is 17.7 Å². The van der Waals surface area contributed by atoms with Crippen LogP contribution in [0.5, 0.6) is 0 Å². The summed E-state index contributed by atoms with van der Waals surface area (Å²) in [6.07, 6.45) is 1.58. The Morgan fingerprint density at radius 2 is 1.92 bits per heavy atom. The standard InChI is InChI=1S/C19H23N3O3S/c1-13-7-8-19(14(2)10-13)26(23,24)20-12-17(18-6-5-9-25-18)22-16(4)11-15(3)21-22/h5-11,17,20H,12H2,1-4H3. The number of sulfonamides is 1. The highest BCUT2D eigenvalue weighted by molar-refractivity contribution is 7.89. The lowest BCUT2D eigenvalue weighted by Gasteiger charge is -2.18. The average molecular weight is 373 g/mol. The van der Waals surface area contributed by atoms with Crippen molar-refractivity contribution in [3.05, 3.63) is 70.9 Å². The highest BCUT2D eigenvalue weighted by atomic mass is 32.2. The summed E-state index contributed by atoms with van der Waals surface area (Å²) in [5, 5.41) is 4.49. The molecular formula is C19H23N3O3S. The van der Waals surface area contributed by atoms with Crippen molar-refractivity contribution >= 4 is 10.0 Å². The molecule has 2 aromatic heterocycles. The summed E-state index contributed by atoms with van der Waals surface area (Å²) in [5.74, 6) is 0.652. The number of hydrogen-bond donors (Lipinski definition) is 1. The highest BCUT2D eigenvalue weighted by Crippen LogP contribution is 2.22. The fourth-order valence-corrected chi connectivity index (χ4v) is 4.38. The van der Waals surface area contributed by atoms with Gasteiger partial charge in [0.1, 0.15) is 11.8 Å². The third-order valence-corrected chi connectivity index (χ3v) is 5.88. The molecule has 2 heterocycles. The minimum absolute atomic E-state index is 0.144. The number of furan rings is 1. The van der Waals surface area contributed by atoms with Gasteiger partial charge in [0.25, 0.3) is 0 Å². The van der Waals surface area contributed by atoms with Gasteiger partial charge < -0.3 is 4.42 Å². The number of aromatic nitrogens is 2. The lowest BCUT2D eigenvalue weighted by Crippen LogP contribution is -2.32. The molecule has 0 spiro atoms. The molecule has 1 N–H and O–H groups in total. The Labute approximate surface area is 153 Å². The first-order valence-corrected chi connectivity index (χ1v) is 9.89. The van der Waals surface area contributed by atoms with Crippen LogP contribution in [0, 0.1) is 27.7 Å². The molecule has 0 aliphatic carbocycles. The SMILES string of the molecule is Cc1ccc(S(=O)(=O)NCC(c2ccco2)n2nc(C)cc2C)c(C)c1. The van der Waals surface area contributed by atoms with Crippen LogP contribution in [-0.2, 0) is 10.0 Å². The number of nitrogens with one attached hydrogen (secondary N) is 1. The normalized spacial score (nSPS) is 13.1. The van der Waals surface area contributed by atoms with Crippen molar-refractivity contribution in [2.45, 2.75) is 38.6 Å². The zero-order chi connectivity index (χ0) is 18.9. The van der Waals surface area contributed by atoms with Crippen molar-refractivity contribution in [1.82, 2.24) is 14.5 Å². The monoisotopic (exact) mass is 373 g/mol. The third kappa shape index (κ3) is 3.73. The zero-order valence-electron chi connectivity index (χ0n) is 15.4. The van der Waals surface area contributed by atoms with E-state index < -0.39 is 10.0 Å². The Hall–Kier alpha value is -2.38. The number of rotatable bonds is 6. The minimum atomic E-state index is -3.64. The average Bonchev–Trinajstić information content (AvgIpc) is 3.18. The van der Waals surface area contributed by atoms with E-state index >= 15 is 0 Å². The molecule has 0 aliphatic heterocycles. The van der Waals surface area contributed by atoms with Crippen LogP contribution in [-0.4, -0.2) is 24.7 Å². The van der Waals surface area contributed by atoms with Gasteiger partial charge in [0, 0.05) is 12.2 Å². The van der Waals surface area contributed by atoms with Crippen molar-refractivity contribution in [3.8, 4) is 0 Å². The molecule has 1 atom stereocenters. The van der Waals surface area contributed by atoms with Gasteiger partial charge >= 0.3 is 0 Å². The van der Waals surface area contributed by atoms with E-state index in [1.54, 1.807) is 36.1 Å². The number of aryl methyl sites for hydroxylation is 4. The molecule has 1 aromatic carbocycles. The number of benzene rings is 1. The first kappa shape index (κ1) is 18.4. The topological polar surface area (TPSA) is 77.1 Å². The summed E-state index contributed by atoms with van der Waals surface area (Å²) in [6.45, 7) is 7.72. The molecule has 6 nitrogen and oxygen atoms in total. The van der Waals surface area contributed by atoms with Crippen molar-refractivity contribution in [2.24, 2.45) is 0 Å². The van der Waals surface area contributed by atoms with E-state index in [9.17, 15) is 8.42 Å². The fraction of sp³-hybridized carbons (Fsp3) is 0.316. The predicted molar refractivity (Wildman–Crippen MR) is 99.7 cm³/mol. The lowest BCUT2D eigenvalue weighted by molar-refractivity contribution is 0.397. The van der Waals surface area contributed by atoms with Crippen molar-refractivity contribution in [3.63, 3.8) is 0 Å². The maximum atomic E-state index is 12.8. The molecular weight excluding hydrogens is 350 g/mol. The summed E-state index contributed by atoms with van der Waals surface area (Å²) in [5.41, 5.74) is 3.56. The van der Waals surface area contributed by atoms with Crippen LogP contribution in [0.3, 0.4) is 0 Å². The van der Waals surface area contributed by atoms with E-state index in [0.717, 1.165) is 22.5 Å². The molecule has 138 valence electrons. The Morgan fingerprint density at radius 1 is 1.15 bits per heavy atom. The Bertz CT molecular complexity index is 1000. The molecule has 3 rings (SSSR count). The zero-order valence-corrected chi connectivity index (χ0v) is 16.2. The molecule has 7 heteroatoms. The largest absolute Gasteiger partial charge is 0.467 e. The van der Waals surface area contributed by atoms with Crippen LogP contribution in [0.15, 0.2) is 52.0 Å². The lowest BCUT2D eigenvalue weighted by atomic mass is 10.2. The maximum absolute atomic E-state index is 12.8. The number of nitrogens with zero attached hydrogens (tertiary/aromatic N) is 2. The molecule has 0 fully saturated rings. The van der Waals surface area contributed by atoms with E-state index in [1.165, 1.54) is 0 Å². The molecule has 3 aromatic rings. The summed E-state index contributed by atoms with van der Waals surface area (Å²) in [7, 11) is -3.64. The van der Waals surface area contributed by atoms with Crippen molar-refractivity contribution in [1.29, 1.82) is 0 Å². The Morgan fingerprint density at radius 3 is 2.50 bits per heavy atom. The maximum Gasteiger partial charge on any atom is 0.240 e. The Kier molecular flexibility index (Phi) is 5.02. The second-order valence-electron chi connectivity index (χ2n) is 6.52. The summed E-state index contributed by atoms with van der Waals surface area (Å²) in [4.78, 5) is 0.287. The van der Waals surface area contributed by atoms with Gasteiger partial charge in [-0.25, -0.2) is 13.1 Å². The summed E-state index contributed by atoms with van der Waals surface area (Å²) < 4.78 is 35.6. The highest BCUT2D eigenvalue weighted by Gasteiger charge is 2.24. The third-order valence-electron chi connectivity index (χ3n) is 4.30. The first-order valence-electron chi connectivity index (χ1n) is 8.41. The smallest absolute Gasteiger partial charge is 0.240 e. The molecule has 0 amide bonds. The van der Waals surface area contributed by atoms with E-state index in [1.807, 2.05) is 39.0 Å². The minimum Gasteiger partial charge on any atom is -0.467 e. The van der Waals surface area contributed by atoms with Gasteiger partial charge in [0.2, 0.25) is 10.0 Å². The first-order chi connectivity index (χ1) is 12.3. The van der Waals surface area contributed by atoms with Gasteiger partial charge in [-0.3, -0.25) is 4.68 Å². The quantitative estimate of drug-likeness (QED) is 0.719. The summed E-state index contributed by atoms with van der Waals surface area (Å²) >= 11 is 0. The van der Waals surface area contributed by atoms with Crippen molar-refractivity contribution < 1.29 is 12.8 Å². The molecule has 26 heavy (non-hydrogen) atoms. The van der Waals surface area contributed by atoms with Gasteiger partial charge in [0.15, 0.2) is 0 Å². The predicted octanol–water partition coefficient (Wildman–Crippen LogP) is 3.28. The second kappa shape index (κ2) is 7.09. The van der Waals surface area contributed by atoms with Gasteiger partial charge in [-0.15, -0.1) is 0 Å². The molecule has 0 aliphatic rings. The van der Waals surface area contributed by atoms with Gasteiger partial charge in [-0.2, -0.15) is 5.10 Å². The van der Waals surface area contributed by atoms with E-state index in [-0.39, 0.29) is 17.5 Å². The summed E-state index contributed by atoms with van der Waals surface area (Å²) in [6, 6.07) is 10.5. The van der Waals surface area contributed by atoms with Gasteiger partial charge in [0.05, 0.1) is 16.9 Å². The van der Waals surface area contributed by atoms with Crippen LogP contribution >= 0.6 is 0 Å². The molecule has 0 bridgehead atoms. The van der Waals surface area contributed by atoms with Gasteiger partial charge in [-0.05, 0) is 57.5 Å².